The molecule has 0 unspecified atom stereocenters. The third-order valence-corrected chi connectivity index (χ3v) is 3.83. The summed E-state index contributed by atoms with van der Waals surface area (Å²) in [6, 6.07) is 13.3. The lowest BCUT2D eigenvalue weighted by atomic mass is 10.1. The molecule has 124 valence electrons. The summed E-state index contributed by atoms with van der Waals surface area (Å²) in [6.07, 6.45) is 6.43. The average Bonchev–Trinajstić information content (AvgIpc) is 3.08. The molecule has 0 spiro atoms. The standard InChI is InChI=1S/C20H21NO3/c1-2-3-4-5-15-6-9-17(10-7-15)20(22)21-13-16-8-11-18-19(12-16)24-14-23-18/h4-12H,2-3,13-14H2,1H3,(H,21,22)/b5-4+. The van der Waals surface area contributed by atoms with Crippen LogP contribution in [0.2, 0.25) is 0 Å². The smallest absolute Gasteiger partial charge is 0.251 e. The quantitative estimate of drug-likeness (QED) is 0.868. The Bertz CT molecular complexity index is 735. The molecule has 0 aliphatic carbocycles. The molecular formula is C20H21NO3. The zero-order valence-electron chi connectivity index (χ0n) is 13.7. The first-order valence-electron chi connectivity index (χ1n) is 8.19. The fourth-order valence-corrected chi connectivity index (χ4v) is 2.47. The van der Waals surface area contributed by atoms with Gasteiger partial charge in [0, 0.05) is 12.1 Å². The molecule has 1 aliphatic heterocycles. The van der Waals surface area contributed by atoms with Crippen molar-refractivity contribution < 1.29 is 14.3 Å². The minimum Gasteiger partial charge on any atom is -0.454 e. The van der Waals surface area contributed by atoms with Gasteiger partial charge in [-0.3, -0.25) is 4.79 Å². The molecule has 4 heteroatoms. The van der Waals surface area contributed by atoms with Crippen LogP contribution in [0.1, 0.15) is 41.3 Å². The fraction of sp³-hybridized carbons (Fsp3) is 0.250. The lowest BCUT2D eigenvalue weighted by Gasteiger charge is -2.07. The van der Waals surface area contributed by atoms with E-state index >= 15 is 0 Å². The first-order chi connectivity index (χ1) is 11.8. The third-order valence-electron chi connectivity index (χ3n) is 3.83. The number of carbonyl (C=O) groups is 1. The van der Waals surface area contributed by atoms with E-state index in [0.29, 0.717) is 12.1 Å². The topological polar surface area (TPSA) is 47.6 Å². The molecule has 0 radical (unpaired) electrons. The minimum absolute atomic E-state index is 0.0863. The first kappa shape index (κ1) is 16.1. The van der Waals surface area contributed by atoms with Gasteiger partial charge in [0.25, 0.3) is 5.91 Å². The fourth-order valence-electron chi connectivity index (χ4n) is 2.47. The number of amides is 1. The highest BCUT2D eigenvalue weighted by atomic mass is 16.7. The average molecular weight is 323 g/mol. The highest BCUT2D eigenvalue weighted by molar-refractivity contribution is 5.94. The summed E-state index contributed by atoms with van der Waals surface area (Å²) in [5.74, 6) is 1.39. The number of ether oxygens (including phenoxy) is 2. The van der Waals surface area contributed by atoms with Gasteiger partial charge < -0.3 is 14.8 Å². The Labute approximate surface area is 142 Å². The molecule has 0 saturated carbocycles. The Balaban J connectivity index is 1.57. The molecular weight excluding hydrogens is 302 g/mol. The highest BCUT2D eigenvalue weighted by Gasteiger charge is 2.13. The maximum atomic E-state index is 12.2. The molecule has 1 amide bonds. The number of hydrogen-bond acceptors (Lipinski definition) is 3. The van der Waals surface area contributed by atoms with Crippen LogP contribution in [0.15, 0.2) is 48.5 Å². The molecule has 1 heterocycles. The molecule has 4 nitrogen and oxygen atoms in total. The number of hydrogen-bond donors (Lipinski definition) is 1. The molecule has 0 aromatic heterocycles. The molecule has 2 aromatic carbocycles. The van der Waals surface area contributed by atoms with Gasteiger partial charge in [-0.15, -0.1) is 0 Å². The molecule has 24 heavy (non-hydrogen) atoms. The van der Waals surface area contributed by atoms with Crippen molar-refractivity contribution in [1.82, 2.24) is 5.32 Å². The van der Waals surface area contributed by atoms with Crippen LogP contribution in [0.3, 0.4) is 0 Å². The summed E-state index contributed by atoms with van der Waals surface area (Å²) in [5.41, 5.74) is 2.74. The largest absolute Gasteiger partial charge is 0.454 e. The summed E-state index contributed by atoms with van der Waals surface area (Å²) in [4.78, 5) is 12.2. The van der Waals surface area contributed by atoms with Gasteiger partial charge in [0.2, 0.25) is 6.79 Å². The zero-order chi connectivity index (χ0) is 16.8. The monoisotopic (exact) mass is 323 g/mol. The van der Waals surface area contributed by atoms with Gasteiger partial charge in [-0.2, -0.15) is 0 Å². The van der Waals surface area contributed by atoms with Crippen LogP contribution in [0.25, 0.3) is 6.08 Å². The number of unbranched alkanes of at least 4 members (excludes halogenated alkanes) is 1. The number of allylic oxidation sites excluding steroid dienone is 1. The van der Waals surface area contributed by atoms with Crippen molar-refractivity contribution in [2.45, 2.75) is 26.3 Å². The summed E-state index contributed by atoms with van der Waals surface area (Å²) in [6.45, 7) is 2.86. The van der Waals surface area contributed by atoms with Gasteiger partial charge in [0.05, 0.1) is 0 Å². The van der Waals surface area contributed by atoms with Crippen molar-refractivity contribution in [3.63, 3.8) is 0 Å². The molecule has 0 saturated heterocycles. The van der Waals surface area contributed by atoms with E-state index in [4.69, 9.17) is 9.47 Å². The van der Waals surface area contributed by atoms with E-state index in [1.165, 1.54) is 0 Å². The van der Waals surface area contributed by atoms with Crippen LogP contribution in [0, 0.1) is 0 Å². The van der Waals surface area contributed by atoms with Gasteiger partial charge in [-0.05, 0) is 41.8 Å². The van der Waals surface area contributed by atoms with Gasteiger partial charge in [-0.25, -0.2) is 0 Å². The van der Waals surface area contributed by atoms with Crippen molar-refractivity contribution in [2.75, 3.05) is 6.79 Å². The van der Waals surface area contributed by atoms with Crippen molar-refractivity contribution in [3.8, 4) is 11.5 Å². The van der Waals surface area contributed by atoms with E-state index in [0.717, 1.165) is 35.5 Å². The van der Waals surface area contributed by atoms with Crippen LogP contribution >= 0.6 is 0 Å². The predicted octanol–water partition coefficient (Wildman–Crippen LogP) is 4.16. The van der Waals surface area contributed by atoms with Crippen LogP contribution in [0.5, 0.6) is 11.5 Å². The predicted molar refractivity (Wildman–Crippen MR) is 94.1 cm³/mol. The Hall–Kier alpha value is -2.75. The van der Waals surface area contributed by atoms with E-state index in [1.54, 1.807) is 0 Å². The number of carbonyl (C=O) groups excluding carboxylic acids is 1. The molecule has 0 bridgehead atoms. The van der Waals surface area contributed by atoms with E-state index in [2.05, 4.69) is 24.4 Å². The molecule has 1 N–H and O–H groups in total. The first-order valence-corrected chi connectivity index (χ1v) is 8.19. The number of benzene rings is 2. The summed E-state index contributed by atoms with van der Waals surface area (Å²) in [7, 11) is 0. The van der Waals surface area contributed by atoms with Crippen LogP contribution in [0.4, 0.5) is 0 Å². The van der Waals surface area contributed by atoms with Crippen LogP contribution < -0.4 is 14.8 Å². The molecule has 3 rings (SSSR count). The molecule has 2 aromatic rings. The van der Waals surface area contributed by atoms with Gasteiger partial charge in [-0.1, -0.05) is 43.7 Å². The zero-order valence-corrected chi connectivity index (χ0v) is 13.7. The van der Waals surface area contributed by atoms with Crippen molar-refractivity contribution in [3.05, 3.63) is 65.2 Å². The second-order valence-corrected chi connectivity index (χ2v) is 5.68. The molecule has 1 aliphatic rings. The van der Waals surface area contributed by atoms with E-state index in [1.807, 2.05) is 42.5 Å². The van der Waals surface area contributed by atoms with Gasteiger partial charge in [0.1, 0.15) is 0 Å². The van der Waals surface area contributed by atoms with Gasteiger partial charge >= 0.3 is 0 Å². The van der Waals surface area contributed by atoms with E-state index in [9.17, 15) is 4.79 Å². The second kappa shape index (κ2) is 7.68. The second-order valence-electron chi connectivity index (χ2n) is 5.68. The normalized spacial score (nSPS) is 12.5. The maximum absolute atomic E-state index is 12.2. The lowest BCUT2D eigenvalue weighted by Crippen LogP contribution is -2.22. The summed E-state index contributed by atoms with van der Waals surface area (Å²) in [5, 5.41) is 2.92. The molecule has 0 atom stereocenters. The van der Waals surface area contributed by atoms with Crippen molar-refractivity contribution in [2.24, 2.45) is 0 Å². The van der Waals surface area contributed by atoms with Crippen LogP contribution in [-0.4, -0.2) is 12.7 Å². The Kier molecular flexibility index (Phi) is 5.16. The SMILES string of the molecule is CCC/C=C/c1ccc(C(=O)NCc2ccc3c(c2)OCO3)cc1. The van der Waals surface area contributed by atoms with Crippen molar-refractivity contribution >= 4 is 12.0 Å². The lowest BCUT2D eigenvalue weighted by molar-refractivity contribution is 0.0951. The number of nitrogens with one attached hydrogen (secondary N) is 1. The molecule has 0 fully saturated rings. The Morgan fingerprint density at radius 3 is 2.71 bits per heavy atom. The minimum atomic E-state index is -0.0863. The Morgan fingerprint density at radius 2 is 1.92 bits per heavy atom. The van der Waals surface area contributed by atoms with Gasteiger partial charge in [0.15, 0.2) is 11.5 Å². The van der Waals surface area contributed by atoms with Crippen molar-refractivity contribution in [1.29, 1.82) is 0 Å². The summed E-state index contributed by atoms with van der Waals surface area (Å²) >= 11 is 0. The number of fused-ring (bicyclic) bond motifs is 1. The summed E-state index contributed by atoms with van der Waals surface area (Å²) < 4.78 is 10.6. The van der Waals surface area contributed by atoms with E-state index < -0.39 is 0 Å². The highest BCUT2D eigenvalue weighted by Crippen LogP contribution is 2.32. The third kappa shape index (κ3) is 3.96. The van der Waals surface area contributed by atoms with E-state index in [-0.39, 0.29) is 12.7 Å². The maximum Gasteiger partial charge on any atom is 0.251 e. The Morgan fingerprint density at radius 1 is 1.12 bits per heavy atom. The van der Waals surface area contributed by atoms with Crippen LogP contribution in [-0.2, 0) is 6.54 Å². The number of rotatable bonds is 6.